The van der Waals surface area contributed by atoms with E-state index in [1.54, 1.807) is 4.68 Å². The van der Waals surface area contributed by atoms with Crippen molar-refractivity contribution in [2.24, 2.45) is 7.05 Å². The SMILES string of the molecule is COC(=O)c1nn(C)c(C(C)C)c1Br. The van der Waals surface area contributed by atoms with Crippen LogP contribution in [0.2, 0.25) is 0 Å². The molecule has 0 bridgehead atoms. The maximum atomic E-state index is 11.3. The van der Waals surface area contributed by atoms with Crippen LogP contribution in [0.1, 0.15) is 35.9 Å². The normalized spacial score (nSPS) is 10.7. The largest absolute Gasteiger partial charge is 0.464 e. The van der Waals surface area contributed by atoms with Gasteiger partial charge in [0.05, 0.1) is 17.3 Å². The van der Waals surface area contributed by atoms with E-state index in [2.05, 4.69) is 25.8 Å². The zero-order chi connectivity index (χ0) is 10.9. The average Bonchev–Trinajstić information content (AvgIpc) is 2.40. The van der Waals surface area contributed by atoms with Crippen LogP contribution in [0.3, 0.4) is 0 Å². The van der Waals surface area contributed by atoms with Crippen LogP contribution in [-0.4, -0.2) is 22.9 Å². The first-order valence-corrected chi connectivity index (χ1v) is 5.09. The van der Waals surface area contributed by atoms with Gasteiger partial charge < -0.3 is 4.74 Å². The molecule has 0 radical (unpaired) electrons. The Bertz CT molecular complexity index is 358. The molecule has 0 saturated carbocycles. The molecule has 0 aliphatic carbocycles. The molecule has 0 saturated heterocycles. The molecular weight excluding hydrogens is 248 g/mol. The van der Waals surface area contributed by atoms with E-state index in [1.165, 1.54) is 7.11 Å². The highest BCUT2D eigenvalue weighted by Gasteiger charge is 2.21. The number of ether oxygens (including phenoxy) is 1. The van der Waals surface area contributed by atoms with Gasteiger partial charge in [-0.1, -0.05) is 13.8 Å². The molecule has 0 unspecified atom stereocenters. The number of esters is 1. The third-order valence-corrected chi connectivity index (χ3v) is 2.74. The van der Waals surface area contributed by atoms with E-state index in [4.69, 9.17) is 0 Å². The third kappa shape index (κ3) is 1.82. The predicted molar refractivity (Wildman–Crippen MR) is 56.3 cm³/mol. The lowest BCUT2D eigenvalue weighted by Crippen LogP contribution is -2.03. The lowest BCUT2D eigenvalue weighted by molar-refractivity contribution is 0.0592. The lowest BCUT2D eigenvalue weighted by Gasteiger charge is -2.05. The van der Waals surface area contributed by atoms with E-state index in [-0.39, 0.29) is 0 Å². The highest BCUT2D eigenvalue weighted by atomic mass is 79.9. The van der Waals surface area contributed by atoms with Gasteiger partial charge in [0.1, 0.15) is 0 Å². The summed E-state index contributed by atoms with van der Waals surface area (Å²) in [5.74, 6) is -0.111. The Balaban J connectivity index is 3.23. The van der Waals surface area contributed by atoms with Crippen LogP contribution < -0.4 is 0 Å². The standard InChI is InChI=1S/C9H13BrN2O2/c1-5(2)8-6(10)7(9(13)14-4)11-12(8)3/h5H,1-4H3. The van der Waals surface area contributed by atoms with E-state index in [9.17, 15) is 4.79 Å². The Morgan fingerprint density at radius 3 is 2.50 bits per heavy atom. The number of halogens is 1. The quantitative estimate of drug-likeness (QED) is 0.766. The van der Waals surface area contributed by atoms with Crippen molar-refractivity contribution in [2.75, 3.05) is 7.11 Å². The monoisotopic (exact) mass is 260 g/mol. The number of aromatic nitrogens is 2. The fraction of sp³-hybridized carbons (Fsp3) is 0.556. The number of hydrogen-bond acceptors (Lipinski definition) is 3. The zero-order valence-corrected chi connectivity index (χ0v) is 10.3. The molecule has 1 heterocycles. The molecular formula is C9H13BrN2O2. The molecule has 0 aromatic carbocycles. The minimum absolute atomic E-state index is 0.306. The minimum Gasteiger partial charge on any atom is -0.464 e. The smallest absolute Gasteiger partial charge is 0.359 e. The number of aryl methyl sites for hydroxylation is 1. The summed E-state index contributed by atoms with van der Waals surface area (Å²) in [6, 6.07) is 0. The molecule has 4 nitrogen and oxygen atoms in total. The Morgan fingerprint density at radius 1 is 1.57 bits per heavy atom. The molecule has 0 spiro atoms. The summed E-state index contributed by atoms with van der Waals surface area (Å²) < 4.78 is 7.04. The molecule has 1 aromatic heterocycles. The number of nitrogens with zero attached hydrogens (tertiary/aromatic N) is 2. The van der Waals surface area contributed by atoms with Crippen LogP contribution in [0.4, 0.5) is 0 Å². The van der Waals surface area contributed by atoms with Gasteiger partial charge in [-0.3, -0.25) is 4.68 Å². The molecule has 1 rings (SSSR count). The van der Waals surface area contributed by atoms with Gasteiger partial charge in [0.2, 0.25) is 0 Å². The summed E-state index contributed by atoms with van der Waals surface area (Å²) in [7, 11) is 3.16. The third-order valence-electron chi connectivity index (χ3n) is 1.96. The van der Waals surface area contributed by atoms with E-state index in [0.717, 1.165) is 10.2 Å². The van der Waals surface area contributed by atoms with Crippen molar-refractivity contribution < 1.29 is 9.53 Å². The molecule has 0 amide bonds. The number of methoxy groups -OCH3 is 1. The second-order valence-corrected chi connectivity index (χ2v) is 4.11. The van der Waals surface area contributed by atoms with Crippen LogP contribution >= 0.6 is 15.9 Å². The fourth-order valence-corrected chi connectivity index (χ4v) is 2.32. The Labute approximate surface area is 91.4 Å². The van der Waals surface area contributed by atoms with Gasteiger partial charge in [0.15, 0.2) is 5.69 Å². The van der Waals surface area contributed by atoms with Crippen molar-refractivity contribution in [1.82, 2.24) is 9.78 Å². The van der Waals surface area contributed by atoms with Gasteiger partial charge in [-0.2, -0.15) is 5.10 Å². The van der Waals surface area contributed by atoms with Crippen LogP contribution in [0, 0.1) is 0 Å². The van der Waals surface area contributed by atoms with Crippen LogP contribution in [-0.2, 0) is 11.8 Å². The van der Waals surface area contributed by atoms with Crippen molar-refractivity contribution >= 4 is 21.9 Å². The predicted octanol–water partition coefficient (Wildman–Crippen LogP) is 2.09. The van der Waals surface area contributed by atoms with Crippen molar-refractivity contribution in [3.63, 3.8) is 0 Å². The first-order valence-electron chi connectivity index (χ1n) is 4.29. The minimum atomic E-state index is -0.417. The first kappa shape index (κ1) is 11.2. The topological polar surface area (TPSA) is 44.1 Å². The van der Waals surface area contributed by atoms with E-state index in [0.29, 0.717) is 11.6 Å². The summed E-state index contributed by atoms with van der Waals surface area (Å²) in [5, 5.41) is 4.10. The molecule has 0 atom stereocenters. The van der Waals surface area contributed by atoms with Gasteiger partial charge >= 0.3 is 5.97 Å². The Hall–Kier alpha value is -0.840. The van der Waals surface area contributed by atoms with E-state index >= 15 is 0 Å². The lowest BCUT2D eigenvalue weighted by atomic mass is 10.1. The highest BCUT2D eigenvalue weighted by Crippen LogP contribution is 2.27. The second kappa shape index (κ2) is 4.13. The second-order valence-electron chi connectivity index (χ2n) is 3.32. The van der Waals surface area contributed by atoms with E-state index in [1.807, 2.05) is 20.9 Å². The number of carbonyl (C=O) groups excluding carboxylic acids is 1. The Kier molecular flexibility index (Phi) is 3.31. The molecule has 0 aliphatic rings. The molecule has 0 N–H and O–H groups in total. The van der Waals surface area contributed by atoms with Crippen molar-refractivity contribution in [3.8, 4) is 0 Å². The van der Waals surface area contributed by atoms with Gasteiger partial charge in [-0.05, 0) is 21.8 Å². The Morgan fingerprint density at radius 2 is 2.14 bits per heavy atom. The maximum absolute atomic E-state index is 11.3. The molecule has 0 aliphatic heterocycles. The highest BCUT2D eigenvalue weighted by molar-refractivity contribution is 9.10. The molecule has 78 valence electrons. The maximum Gasteiger partial charge on any atom is 0.359 e. The average molecular weight is 261 g/mol. The summed E-state index contributed by atoms with van der Waals surface area (Å²) in [6.07, 6.45) is 0. The van der Waals surface area contributed by atoms with Crippen molar-refractivity contribution in [2.45, 2.75) is 19.8 Å². The molecule has 14 heavy (non-hydrogen) atoms. The van der Waals surface area contributed by atoms with Crippen LogP contribution in [0.5, 0.6) is 0 Å². The number of carbonyl (C=O) groups is 1. The first-order chi connectivity index (χ1) is 6.49. The van der Waals surface area contributed by atoms with Gasteiger partial charge in [0, 0.05) is 7.05 Å². The van der Waals surface area contributed by atoms with Gasteiger partial charge in [0.25, 0.3) is 0 Å². The van der Waals surface area contributed by atoms with Crippen LogP contribution in [0.15, 0.2) is 4.47 Å². The van der Waals surface area contributed by atoms with Crippen molar-refractivity contribution in [1.29, 1.82) is 0 Å². The van der Waals surface area contributed by atoms with E-state index < -0.39 is 5.97 Å². The van der Waals surface area contributed by atoms with Gasteiger partial charge in [-0.25, -0.2) is 4.79 Å². The fourth-order valence-electron chi connectivity index (χ4n) is 1.37. The van der Waals surface area contributed by atoms with Crippen molar-refractivity contribution in [3.05, 3.63) is 15.9 Å². The molecule has 1 aromatic rings. The summed E-state index contributed by atoms with van der Waals surface area (Å²) in [6.45, 7) is 4.09. The zero-order valence-electron chi connectivity index (χ0n) is 8.67. The summed E-state index contributed by atoms with van der Waals surface area (Å²) in [5.41, 5.74) is 1.32. The molecule has 0 fully saturated rings. The summed E-state index contributed by atoms with van der Waals surface area (Å²) >= 11 is 3.36. The van der Waals surface area contributed by atoms with Gasteiger partial charge in [-0.15, -0.1) is 0 Å². The van der Waals surface area contributed by atoms with Crippen LogP contribution in [0.25, 0.3) is 0 Å². The number of hydrogen-bond donors (Lipinski definition) is 0. The summed E-state index contributed by atoms with van der Waals surface area (Å²) in [4.78, 5) is 11.3. The number of rotatable bonds is 2. The molecule has 5 heteroatoms.